The van der Waals surface area contributed by atoms with Crippen molar-refractivity contribution in [1.82, 2.24) is 5.32 Å². The number of carbonyl (C=O) groups is 1. The zero-order valence-corrected chi connectivity index (χ0v) is 13.8. The molecule has 0 heterocycles. The lowest BCUT2D eigenvalue weighted by Gasteiger charge is -2.28. The molecule has 0 saturated carbocycles. The average molecular weight is 305 g/mol. The van der Waals surface area contributed by atoms with Gasteiger partial charge in [0.2, 0.25) is 5.91 Å². The monoisotopic (exact) mass is 305 g/mol. The first-order valence-corrected chi connectivity index (χ1v) is 8.16. The third-order valence-electron chi connectivity index (χ3n) is 4.57. The van der Waals surface area contributed by atoms with E-state index < -0.39 is 6.10 Å². The number of methoxy groups -OCH3 is 1. The third kappa shape index (κ3) is 3.87. The molecule has 0 fully saturated rings. The number of carbonyl (C=O) groups excluding carboxylic acids is 1. The highest BCUT2D eigenvalue weighted by Gasteiger charge is 2.24. The quantitative estimate of drug-likeness (QED) is 0.849. The lowest BCUT2D eigenvalue weighted by Crippen LogP contribution is -2.34. The van der Waals surface area contributed by atoms with Gasteiger partial charge in [0.1, 0.15) is 6.10 Å². The number of aliphatic hydroxyl groups excluding tert-OH is 1. The Labute approximate surface area is 132 Å². The number of amides is 1. The summed E-state index contributed by atoms with van der Waals surface area (Å²) in [5.74, 6) is 0.149. The normalized spacial score (nSPS) is 20.1. The standard InChI is InChI=1S/C18H27NO3/c1-4-12(2)18(21)19-16-7-5-6-13-8-9-14(10-15(13)16)17(20)11-22-3/h8-10,12,16-17,20H,4-7,11H2,1-3H3,(H,19,21). The second-order valence-corrected chi connectivity index (χ2v) is 6.19. The lowest BCUT2D eigenvalue weighted by atomic mass is 9.85. The summed E-state index contributed by atoms with van der Waals surface area (Å²) in [7, 11) is 1.58. The van der Waals surface area contributed by atoms with E-state index in [0.717, 1.165) is 36.8 Å². The molecule has 0 radical (unpaired) electrons. The summed E-state index contributed by atoms with van der Waals surface area (Å²) >= 11 is 0. The molecule has 0 bridgehead atoms. The fraction of sp³-hybridized carbons (Fsp3) is 0.611. The molecule has 0 spiro atoms. The second kappa shape index (κ2) is 7.75. The van der Waals surface area contributed by atoms with Crippen molar-refractivity contribution in [3.8, 4) is 0 Å². The molecule has 3 unspecified atom stereocenters. The summed E-state index contributed by atoms with van der Waals surface area (Å²) in [5, 5.41) is 13.3. The number of ether oxygens (including phenoxy) is 1. The van der Waals surface area contributed by atoms with Crippen LogP contribution < -0.4 is 5.32 Å². The molecule has 0 saturated heterocycles. The third-order valence-corrected chi connectivity index (χ3v) is 4.57. The van der Waals surface area contributed by atoms with Gasteiger partial charge in [-0.2, -0.15) is 0 Å². The molecular formula is C18H27NO3. The number of benzene rings is 1. The Morgan fingerprint density at radius 1 is 1.50 bits per heavy atom. The molecule has 1 amide bonds. The van der Waals surface area contributed by atoms with Crippen molar-refractivity contribution in [2.75, 3.05) is 13.7 Å². The summed E-state index contributed by atoms with van der Waals surface area (Å²) in [6, 6.07) is 6.12. The molecule has 1 aromatic carbocycles. The van der Waals surface area contributed by atoms with Crippen molar-refractivity contribution in [3.63, 3.8) is 0 Å². The van der Waals surface area contributed by atoms with Crippen LogP contribution in [0.4, 0.5) is 0 Å². The first-order chi connectivity index (χ1) is 10.6. The van der Waals surface area contributed by atoms with Crippen LogP contribution in [0.25, 0.3) is 0 Å². The summed E-state index contributed by atoms with van der Waals surface area (Å²) < 4.78 is 5.02. The minimum Gasteiger partial charge on any atom is -0.386 e. The molecular weight excluding hydrogens is 278 g/mol. The van der Waals surface area contributed by atoms with Crippen molar-refractivity contribution in [2.45, 2.75) is 51.7 Å². The van der Waals surface area contributed by atoms with Gasteiger partial charge in [-0.15, -0.1) is 0 Å². The van der Waals surface area contributed by atoms with Gasteiger partial charge in [0.25, 0.3) is 0 Å². The molecule has 2 rings (SSSR count). The van der Waals surface area contributed by atoms with Gasteiger partial charge in [-0.1, -0.05) is 32.0 Å². The zero-order chi connectivity index (χ0) is 16.1. The number of rotatable bonds is 6. The topological polar surface area (TPSA) is 58.6 Å². The van der Waals surface area contributed by atoms with Gasteiger partial charge in [-0.25, -0.2) is 0 Å². The van der Waals surface area contributed by atoms with Crippen LogP contribution in [-0.4, -0.2) is 24.7 Å². The Balaban J connectivity index is 2.20. The molecule has 1 aliphatic rings. The van der Waals surface area contributed by atoms with Gasteiger partial charge >= 0.3 is 0 Å². The van der Waals surface area contributed by atoms with E-state index in [2.05, 4.69) is 11.4 Å². The maximum atomic E-state index is 12.2. The van der Waals surface area contributed by atoms with Gasteiger partial charge < -0.3 is 15.2 Å². The maximum absolute atomic E-state index is 12.2. The van der Waals surface area contributed by atoms with Crippen molar-refractivity contribution in [3.05, 3.63) is 34.9 Å². The Hall–Kier alpha value is -1.39. The Kier molecular flexibility index (Phi) is 5.98. The molecule has 0 aromatic heterocycles. The number of nitrogens with one attached hydrogen (secondary N) is 1. The summed E-state index contributed by atoms with van der Waals surface area (Å²) in [6.07, 6.45) is 3.30. The summed E-state index contributed by atoms with van der Waals surface area (Å²) in [5.41, 5.74) is 3.27. The number of hydrogen-bond acceptors (Lipinski definition) is 3. The number of aliphatic hydroxyl groups is 1. The van der Waals surface area contributed by atoms with Crippen LogP contribution in [0.3, 0.4) is 0 Å². The molecule has 4 nitrogen and oxygen atoms in total. The van der Waals surface area contributed by atoms with E-state index in [9.17, 15) is 9.90 Å². The van der Waals surface area contributed by atoms with Gasteiger partial charge in [0.15, 0.2) is 0 Å². The Bertz CT molecular complexity index is 515. The van der Waals surface area contributed by atoms with E-state index in [4.69, 9.17) is 4.74 Å². The van der Waals surface area contributed by atoms with Crippen LogP contribution in [0.15, 0.2) is 18.2 Å². The van der Waals surface area contributed by atoms with Crippen molar-refractivity contribution in [2.24, 2.45) is 5.92 Å². The van der Waals surface area contributed by atoms with E-state index in [-0.39, 0.29) is 24.5 Å². The van der Waals surface area contributed by atoms with Crippen LogP contribution in [0, 0.1) is 5.92 Å². The van der Waals surface area contributed by atoms with Gasteiger partial charge in [0, 0.05) is 13.0 Å². The highest BCUT2D eigenvalue weighted by atomic mass is 16.5. The molecule has 122 valence electrons. The fourth-order valence-electron chi connectivity index (χ4n) is 2.93. The number of fused-ring (bicyclic) bond motifs is 1. The van der Waals surface area contributed by atoms with Crippen molar-refractivity contribution < 1.29 is 14.6 Å². The molecule has 22 heavy (non-hydrogen) atoms. The smallest absolute Gasteiger partial charge is 0.223 e. The first kappa shape index (κ1) is 17.0. The van der Waals surface area contributed by atoms with E-state index in [0.29, 0.717) is 0 Å². The van der Waals surface area contributed by atoms with Crippen molar-refractivity contribution >= 4 is 5.91 Å². The van der Waals surface area contributed by atoms with Gasteiger partial charge in [-0.3, -0.25) is 4.79 Å². The highest BCUT2D eigenvalue weighted by Crippen LogP contribution is 2.32. The number of hydrogen-bond donors (Lipinski definition) is 2. The second-order valence-electron chi connectivity index (χ2n) is 6.19. The Morgan fingerprint density at radius 2 is 2.27 bits per heavy atom. The predicted octanol–water partition coefficient (Wildman–Crippen LogP) is 2.91. The van der Waals surface area contributed by atoms with Gasteiger partial charge in [-0.05, 0) is 42.4 Å². The minimum absolute atomic E-state index is 0.0349. The highest BCUT2D eigenvalue weighted by molar-refractivity contribution is 5.78. The summed E-state index contributed by atoms with van der Waals surface area (Å²) in [6.45, 7) is 4.26. The molecule has 3 atom stereocenters. The van der Waals surface area contributed by atoms with Crippen LogP contribution in [0.5, 0.6) is 0 Å². The number of aryl methyl sites for hydroxylation is 1. The van der Waals surface area contributed by atoms with E-state index in [1.807, 2.05) is 26.0 Å². The largest absolute Gasteiger partial charge is 0.386 e. The van der Waals surface area contributed by atoms with E-state index in [1.165, 1.54) is 5.56 Å². The maximum Gasteiger partial charge on any atom is 0.223 e. The zero-order valence-electron chi connectivity index (χ0n) is 13.8. The molecule has 4 heteroatoms. The van der Waals surface area contributed by atoms with Crippen LogP contribution in [-0.2, 0) is 16.0 Å². The molecule has 0 aliphatic heterocycles. The average Bonchev–Trinajstić information content (AvgIpc) is 2.54. The molecule has 2 N–H and O–H groups in total. The minimum atomic E-state index is -0.622. The lowest BCUT2D eigenvalue weighted by molar-refractivity contribution is -0.125. The predicted molar refractivity (Wildman–Crippen MR) is 86.6 cm³/mol. The van der Waals surface area contributed by atoms with Crippen LogP contribution in [0.2, 0.25) is 0 Å². The first-order valence-electron chi connectivity index (χ1n) is 8.16. The van der Waals surface area contributed by atoms with Crippen LogP contribution >= 0.6 is 0 Å². The molecule has 1 aliphatic carbocycles. The fourth-order valence-corrected chi connectivity index (χ4v) is 2.93. The van der Waals surface area contributed by atoms with Crippen molar-refractivity contribution in [1.29, 1.82) is 0 Å². The molecule has 1 aromatic rings. The van der Waals surface area contributed by atoms with E-state index >= 15 is 0 Å². The summed E-state index contributed by atoms with van der Waals surface area (Å²) in [4.78, 5) is 12.2. The van der Waals surface area contributed by atoms with Gasteiger partial charge in [0.05, 0.1) is 12.6 Å². The van der Waals surface area contributed by atoms with E-state index in [1.54, 1.807) is 7.11 Å². The SMILES string of the molecule is CCC(C)C(=O)NC1CCCc2ccc(C(O)COC)cc21. The Morgan fingerprint density at radius 3 is 2.95 bits per heavy atom. The van der Waals surface area contributed by atoms with Crippen LogP contribution in [0.1, 0.15) is 61.9 Å².